The minimum Gasteiger partial charge on any atom is -0.117 e. The van der Waals surface area contributed by atoms with Crippen LogP contribution in [0.4, 0.5) is 0 Å². The van der Waals surface area contributed by atoms with Gasteiger partial charge in [-0.3, -0.25) is 0 Å². The predicted molar refractivity (Wildman–Crippen MR) is 77.6 cm³/mol. The highest BCUT2D eigenvalue weighted by Crippen LogP contribution is 2.26. The van der Waals surface area contributed by atoms with Crippen LogP contribution in [0, 0.1) is 6.92 Å². The third kappa shape index (κ3) is 3.58. The van der Waals surface area contributed by atoms with Crippen LogP contribution in [0.2, 0.25) is 0 Å². The molecule has 1 unspecified atom stereocenters. The molecule has 0 bridgehead atoms. The fourth-order valence-electron chi connectivity index (χ4n) is 1.76. The summed E-state index contributed by atoms with van der Waals surface area (Å²) in [7, 11) is 0. The zero-order valence-corrected chi connectivity index (χ0v) is 12.0. The van der Waals surface area contributed by atoms with E-state index in [1.165, 1.54) is 16.7 Å². The molecule has 0 aliphatic rings. The topological polar surface area (TPSA) is 0 Å². The first kappa shape index (κ1) is 12.7. The van der Waals surface area contributed by atoms with Crippen LogP contribution in [0.3, 0.4) is 0 Å². The summed E-state index contributed by atoms with van der Waals surface area (Å²) in [5.41, 5.74) is 3.69. The molecule has 88 valence electrons. The van der Waals surface area contributed by atoms with Gasteiger partial charge in [0.1, 0.15) is 0 Å². The van der Waals surface area contributed by atoms with Crippen molar-refractivity contribution in [2.75, 3.05) is 0 Å². The number of aryl methyl sites for hydroxylation is 1. The second-order valence-electron chi connectivity index (χ2n) is 4.21. The van der Waals surface area contributed by atoms with E-state index in [2.05, 4.69) is 59.3 Å². The maximum atomic E-state index is 6.43. The first-order valence-corrected chi connectivity index (χ1v) is 6.83. The fourth-order valence-corrected chi connectivity index (χ4v) is 2.53. The van der Waals surface area contributed by atoms with Gasteiger partial charge in [-0.25, -0.2) is 0 Å². The molecule has 0 spiro atoms. The second-order valence-corrected chi connectivity index (χ2v) is 5.65. The van der Waals surface area contributed by atoms with Gasteiger partial charge in [0.25, 0.3) is 0 Å². The van der Waals surface area contributed by atoms with Crippen molar-refractivity contribution in [2.24, 2.45) is 0 Å². The minimum atomic E-state index is 0.0323. The van der Waals surface area contributed by atoms with E-state index < -0.39 is 0 Å². The quantitative estimate of drug-likeness (QED) is 0.677. The smallest absolute Gasteiger partial charge is 0.0625 e. The van der Waals surface area contributed by atoms with E-state index in [-0.39, 0.29) is 5.38 Å². The van der Waals surface area contributed by atoms with Gasteiger partial charge in [-0.05, 0) is 36.6 Å². The summed E-state index contributed by atoms with van der Waals surface area (Å²) in [5, 5.41) is 0.0323. The highest BCUT2D eigenvalue weighted by atomic mass is 79.9. The number of benzene rings is 2. The molecule has 17 heavy (non-hydrogen) atoms. The van der Waals surface area contributed by atoms with Crippen LogP contribution in [0.25, 0.3) is 0 Å². The van der Waals surface area contributed by atoms with Crippen LogP contribution in [0.5, 0.6) is 0 Å². The molecular weight excluding hydrogens is 296 g/mol. The zero-order chi connectivity index (χ0) is 12.3. The molecule has 1 atom stereocenters. The van der Waals surface area contributed by atoms with Crippen LogP contribution in [-0.4, -0.2) is 0 Å². The number of alkyl halides is 1. The van der Waals surface area contributed by atoms with Crippen LogP contribution >= 0.6 is 27.5 Å². The summed E-state index contributed by atoms with van der Waals surface area (Å²) in [5.74, 6) is 0. The van der Waals surface area contributed by atoms with Crippen molar-refractivity contribution in [3.63, 3.8) is 0 Å². The van der Waals surface area contributed by atoms with Crippen LogP contribution < -0.4 is 0 Å². The van der Waals surface area contributed by atoms with Gasteiger partial charge in [0, 0.05) is 4.47 Å². The molecule has 2 aromatic rings. The van der Waals surface area contributed by atoms with E-state index >= 15 is 0 Å². The Labute approximate surface area is 116 Å². The Balaban J connectivity index is 2.11. The monoisotopic (exact) mass is 308 g/mol. The molecule has 0 radical (unpaired) electrons. The van der Waals surface area contributed by atoms with Crippen LogP contribution in [0.15, 0.2) is 53.0 Å². The van der Waals surface area contributed by atoms with E-state index in [1.54, 1.807) is 0 Å². The summed E-state index contributed by atoms with van der Waals surface area (Å²) in [6.07, 6.45) is 0.851. The van der Waals surface area contributed by atoms with Crippen molar-refractivity contribution >= 4 is 27.5 Å². The lowest BCUT2D eigenvalue weighted by atomic mass is 10.0. The highest BCUT2D eigenvalue weighted by Gasteiger charge is 2.08. The summed E-state index contributed by atoms with van der Waals surface area (Å²) in [6, 6.07) is 16.7. The summed E-state index contributed by atoms with van der Waals surface area (Å²) >= 11 is 9.90. The summed E-state index contributed by atoms with van der Waals surface area (Å²) < 4.78 is 1.10. The molecular formula is C15H14BrCl. The Morgan fingerprint density at radius 3 is 2.47 bits per heavy atom. The van der Waals surface area contributed by atoms with Gasteiger partial charge < -0.3 is 0 Å². The van der Waals surface area contributed by atoms with Crippen LogP contribution in [0.1, 0.15) is 22.1 Å². The first-order valence-electron chi connectivity index (χ1n) is 5.60. The Morgan fingerprint density at radius 1 is 1.12 bits per heavy atom. The van der Waals surface area contributed by atoms with Crippen molar-refractivity contribution in [3.05, 3.63) is 69.7 Å². The van der Waals surface area contributed by atoms with Gasteiger partial charge in [-0.2, -0.15) is 0 Å². The largest absolute Gasteiger partial charge is 0.117 e. The molecule has 0 saturated heterocycles. The SMILES string of the molecule is Cc1ccc(C(Cl)Cc2cccc(Br)c2)cc1. The van der Waals surface area contributed by atoms with Gasteiger partial charge in [0.2, 0.25) is 0 Å². The Hall–Kier alpha value is -0.790. The third-order valence-corrected chi connectivity index (χ3v) is 3.64. The molecule has 0 nitrogen and oxygen atoms in total. The average molecular weight is 310 g/mol. The predicted octanol–water partition coefficient (Wildman–Crippen LogP) is 5.28. The van der Waals surface area contributed by atoms with Crippen LogP contribution in [-0.2, 0) is 6.42 Å². The lowest BCUT2D eigenvalue weighted by Gasteiger charge is -2.10. The third-order valence-electron chi connectivity index (χ3n) is 2.74. The van der Waals surface area contributed by atoms with Crippen molar-refractivity contribution in [1.29, 1.82) is 0 Å². The van der Waals surface area contributed by atoms with Gasteiger partial charge in [0.05, 0.1) is 5.38 Å². The summed E-state index contributed by atoms with van der Waals surface area (Å²) in [6.45, 7) is 2.08. The van der Waals surface area contributed by atoms with Crippen molar-refractivity contribution in [1.82, 2.24) is 0 Å². The average Bonchev–Trinajstić information content (AvgIpc) is 2.29. The highest BCUT2D eigenvalue weighted by molar-refractivity contribution is 9.10. The number of hydrogen-bond donors (Lipinski definition) is 0. The maximum Gasteiger partial charge on any atom is 0.0625 e. The first-order chi connectivity index (χ1) is 8.15. The standard InChI is InChI=1S/C15H14BrCl/c1-11-5-7-13(8-6-11)15(17)10-12-3-2-4-14(16)9-12/h2-9,15H,10H2,1H3. The van der Waals surface area contributed by atoms with Crippen molar-refractivity contribution < 1.29 is 0 Å². The number of halogens is 2. The Bertz CT molecular complexity index is 491. The molecule has 0 aromatic heterocycles. The molecule has 0 aliphatic heterocycles. The molecule has 0 N–H and O–H groups in total. The molecule has 0 fully saturated rings. The fraction of sp³-hybridized carbons (Fsp3) is 0.200. The van der Waals surface area contributed by atoms with E-state index in [0.29, 0.717) is 0 Å². The minimum absolute atomic E-state index is 0.0323. The maximum absolute atomic E-state index is 6.43. The molecule has 2 rings (SSSR count). The van der Waals surface area contributed by atoms with E-state index in [9.17, 15) is 0 Å². The molecule has 0 amide bonds. The molecule has 0 aliphatic carbocycles. The Kier molecular flexibility index (Phi) is 4.25. The second kappa shape index (κ2) is 5.70. The zero-order valence-electron chi connectivity index (χ0n) is 9.66. The van der Waals surface area contributed by atoms with E-state index in [1.807, 2.05) is 12.1 Å². The molecule has 2 aromatic carbocycles. The lowest BCUT2D eigenvalue weighted by Crippen LogP contribution is -1.95. The van der Waals surface area contributed by atoms with Gasteiger partial charge in [-0.1, -0.05) is 57.9 Å². The molecule has 2 heteroatoms. The molecule has 0 saturated carbocycles. The molecule has 0 heterocycles. The van der Waals surface area contributed by atoms with Gasteiger partial charge in [-0.15, -0.1) is 11.6 Å². The number of hydrogen-bond acceptors (Lipinski definition) is 0. The van der Waals surface area contributed by atoms with Crippen molar-refractivity contribution in [2.45, 2.75) is 18.7 Å². The van der Waals surface area contributed by atoms with Crippen molar-refractivity contribution in [3.8, 4) is 0 Å². The Morgan fingerprint density at radius 2 is 1.82 bits per heavy atom. The number of rotatable bonds is 3. The van der Waals surface area contributed by atoms with E-state index in [0.717, 1.165) is 10.9 Å². The van der Waals surface area contributed by atoms with E-state index in [4.69, 9.17) is 11.6 Å². The summed E-state index contributed by atoms with van der Waals surface area (Å²) in [4.78, 5) is 0. The van der Waals surface area contributed by atoms with Gasteiger partial charge in [0.15, 0.2) is 0 Å². The lowest BCUT2D eigenvalue weighted by molar-refractivity contribution is 0.918. The van der Waals surface area contributed by atoms with Gasteiger partial charge >= 0.3 is 0 Å². The normalized spacial score (nSPS) is 12.4.